The molecule has 2 atom stereocenters. The Bertz CT molecular complexity index is 186. The standard InChI is InChI=1S/C11H20N2.H2/c1-9(2)10-4-5-11(8-10)13-7-3-6-12;/h9-11,13H,3-5,7-8H2,1-2H3;1H. The third kappa shape index (κ3) is 3.36. The summed E-state index contributed by atoms with van der Waals surface area (Å²) in [6.45, 7) is 5.48. The van der Waals surface area contributed by atoms with Crippen molar-refractivity contribution in [1.29, 1.82) is 5.26 Å². The second-order valence-corrected chi connectivity index (χ2v) is 4.38. The predicted molar refractivity (Wildman–Crippen MR) is 56.3 cm³/mol. The highest BCUT2D eigenvalue weighted by molar-refractivity contribution is 4.83. The van der Waals surface area contributed by atoms with E-state index in [0.717, 1.165) is 18.4 Å². The molecule has 1 aliphatic carbocycles. The third-order valence-electron chi connectivity index (χ3n) is 3.09. The van der Waals surface area contributed by atoms with Gasteiger partial charge < -0.3 is 5.32 Å². The van der Waals surface area contributed by atoms with Gasteiger partial charge in [0.15, 0.2) is 0 Å². The van der Waals surface area contributed by atoms with Crippen LogP contribution in [0, 0.1) is 23.2 Å². The molecule has 76 valence electrons. The first kappa shape index (κ1) is 10.5. The Morgan fingerprint density at radius 1 is 1.54 bits per heavy atom. The average Bonchev–Trinajstić information content (AvgIpc) is 2.53. The molecule has 0 saturated heterocycles. The second kappa shape index (κ2) is 5.24. The summed E-state index contributed by atoms with van der Waals surface area (Å²) < 4.78 is 0. The Labute approximate surface area is 82.8 Å². The van der Waals surface area contributed by atoms with Gasteiger partial charge in [0.05, 0.1) is 6.07 Å². The molecule has 0 heterocycles. The molecule has 13 heavy (non-hydrogen) atoms. The molecule has 0 bridgehead atoms. The van der Waals surface area contributed by atoms with E-state index < -0.39 is 0 Å². The highest BCUT2D eigenvalue weighted by atomic mass is 14.9. The SMILES string of the molecule is CC(C)C1CCC(NCCC#N)C1.[HH]. The van der Waals surface area contributed by atoms with Gasteiger partial charge in [-0.2, -0.15) is 5.26 Å². The third-order valence-corrected chi connectivity index (χ3v) is 3.09. The molecule has 1 aliphatic rings. The van der Waals surface area contributed by atoms with Gasteiger partial charge >= 0.3 is 0 Å². The quantitative estimate of drug-likeness (QED) is 0.678. The van der Waals surface area contributed by atoms with Crippen LogP contribution < -0.4 is 5.32 Å². The molecule has 0 spiro atoms. The maximum absolute atomic E-state index is 8.39. The van der Waals surface area contributed by atoms with E-state index in [0.29, 0.717) is 12.5 Å². The van der Waals surface area contributed by atoms with Crippen LogP contribution in [0.15, 0.2) is 0 Å². The van der Waals surface area contributed by atoms with E-state index in [-0.39, 0.29) is 1.43 Å². The maximum Gasteiger partial charge on any atom is 0.0635 e. The Hall–Kier alpha value is -0.550. The second-order valence-electron chi connectivity index (χ2n) is 4.38. The van der Waals surface area contributed by atoms with E-state index in [1.807, 2.05) is 0 Å². The molecule has 2 heteroatoms. The van der Waals surface area contributed by atoms with E-state index >= 15 is 0 Å². The van der Waals surface area contributed by atoms with E-state index in [1.165, 1.54) is 19.3 Å². The monoisotopic (exact) mass is 182 g/mol. The lowest BCUT2D eigenvalue weighted by molar-refractivity contribution is 0.382. The van der Waals surface area contributed by atoms with Crippen molar-refractivity contribution >= 4 is 0 Å². The first-order chi connectivity index (χ1) is 6.24. The Morgan fingerprint density at radius 3 is 2.85 bits per heavy atom. The van der Waals surface area contributed by atoms with Crippen molar-refractivity contribution in [1.82, 2.24) is 5.32 Å². The van der Waals surface area contributed by atoms with Crippen molar-refractivity contribution in [2.75, 3.05) is 6.54 Å². The number of nitriles is 1. The molecule has 1 N–H and O–H groups in total. The van der Waals surface area contributed by atoms with Crippen LogP contribution in [0.5, 0.6) is 0 Å². The lowest BCUT2D eigenvalue weighted by Crippen LogP contribution is -2.27. The zero-order chi connectivity index (χ0) is 9.68. The van der Waals surface area contributed by atoms with Crippen molar-refractivity contribution in [3.63, 3.8) is 0 Å². The van der Waals surface area contributed by atoms with Crippen LogP contribution in [-0.2, 0) is 0 Å². The molecule has 0 aromatic rings. The summed E-state index contributed by atoms with van der Waals surface area (Å²) >= 11 is 0. The number of rotatable bonds is 4. The molecule has 0 aromatic heterocycles. The molecule has 2 nitrogen and oxygen atoms in total. The predicted octanol–water partition coefficient (Wildman–Crippen LogP) is 2.56. The molecule has 0 aromatic carbocycles. The number of hydrogen-bond acceptors (Lipinski definition) is 2. The van der Waals surface area contributed by atoms with Crippen LogP contribution >= 0.6 is 0 Å². The van der Waals surface area contributed by atoms with Gasteiger partial charge in [0.2, 0.25) is 0 Å². The fraction of sp³-hybridized carbons (Fsp3) is 0.909. The highest BCUT2D eigenvalue weighted by Gasteiger charge is 2.25. The van der Waals surface area contributed by atoms with Gasteiger partial charge in [-0.15, -0.1) is 0 Å². The van der Waals surface area contributed by atoms with Crippen molar-refractivity contribution in [3.8, 4) is 6.07 Å². The number of nitrogens with zero attached hydrogens (tertiary/aromatic N) is 1. The molecule has 0 amide bonds. The summed E-state index contributed by atoms with van der Waals surface area (Å²) in [7, 11) is 0. The molecular formula is C11H22N2. The Kier molecular flexibility index (Phi) is 4.24. The number of hydrogen-bond donors (Lipinski definition) is 1. The molecule has 1 fully saturated rings. The van der Waals surface area contributed by atoms with Crippen LogP contribution in [0.25, 0.3) is 0 Å². The van der Waals surface area contributed by atoms with Gasteiger partial charge in [0.1, 0.15) is 0 Å². The van der Waals surface area contributed by atoms with Crippen molar-refractivity contribution in [2.45, 2.75) is 45.6 Å². The topological polar surface area (TPSA) is 35.8 Å². The fourth-order valence-corrected chi connectivity index (χ4v) is 2.14. The van der Waals surface area contributed by atoms with E-state index in [9.17, 15) is 0 Å². The first-order valence-electron chi connectivity index (χ1n) is 5.34. The highest BCUT2D eigenvalue weighted by Crippen LogP contribution is 2.31. The largest absolute Gasteiger partial charge is 0.313 e. The summed E-state index contributed by atoms with van der Waals surface area (Å²) in [5.41, 5.74) is 0. The molecular weight excluding hydrogens is 160 g/mol. The lowest BCUT2D eigenvalue weighted by atomic mass is 9.94. The summed E-state index contributed by atoms with van der Waals surface area (Å²) in [6, 6.07) is 2.84. The minimum absolute atomic E-state index is 0. The van der Waals surface area contributed by atoms with E-state index in [2.05, 4.69) is 25.2 Å². The van der Waals surface area contributed by atoms with E-state index in [4.69, 9.17) is 5.26 Å². The minimum atomic E-state index is 0. The fourth-order valence-electron chi connectivity index (χ4n) is 2.14. The van der Waals surface area contributed by atoms with Crippen molar-refractivity contribution in [2.24, 2.45) is 11.8 Å². The van der Waals surface area contributed by atoms with Crippen molar-refractivity contribution < 1.29 is 1.43 Å². The van der Waals surface area contributed by atoms with Crippen LogP contribution in [0.2, 0.25) is 0 Å². The first-order valence-corrected chi connectivity index (χ1v) is 5.34. The summed E-state index contributed by atoms with van der Waals surface area (Å²) in [6.07, 6.45) is 4.61. The Morgan fingerprint density at radius 2 is 2.31 bits per heavy atom. The zero-order valence-electron chi connectivity index (χ0n) is 8.71. The van der Waals surface area contributed by atoms with Gasteiger partial charge in [-0.05, 0) is 31.1 Å². The summed E-state index contributed by atoms with van der Waals surface area (Å²) in [4.78, 5) is 0. The molecule has 1 saturated carbocycles. The van der Waals surface area contributed by atoms with Crippen molar-refractivity contribution in [3.05, 3.63) is 0 Å². The van der Waals surface area contributed by atoms with Crippen LogP contribution in [0.1, 0.15) is 41.0 Å². The molecule has 0 aliphatic heterocycles. The molecule has 1 rings (SSSR count). The van der Waals surface area contributed by atoms with Gasteiger partial charge in [-0.25, -0.2) is 0 Å². The van der Waals surface area contributed by atoms with Crippen LogP contribution in [0.3, 0.4) is 0 Å². The normalized spacial score (nSPS) is 27.8. The van der Waals surface area contributed by atoms with Gasteiger partial charge in [0, 0.05) is 20.4 Å². The number of nitrogens with one attached hydrogen (secondary N) is 1. The maximum atomic E-state index is 8.39. The summed E-state index contributed by atoms with van der Waals surface area (Å²) in [5, 5.41) is 11.8. The minimum Gasteiger partial charge on any atom is -0.313 e. The Balaban J connectivity index is 0.00000169. The average molecular weight is 182 g/mol. The van der Waals surface area contributed by atoms with Gasteiger partial charge in [0.25, 0.3) is 0 Å². The smallest absolute Gasteiger partial charge is 0.0635 e. The zero-order valence-corrected chi connectivity index (χ0v) is 8.71. The van der Waals surface area contributed by atoms with Crippen LogP contribution in [0.4, 0.5) is 0 Å². The van der Waals surface area contributed by atoms with Crippen LogP contribution in [-0.4, -0.2) is 12.6 Å². The summed E-state index contributed by atoms with van der Waals surface area (Å²) in [5.74, 6) is 1.72. The van der Waals surface area contributed by atoms with Gasteiger partial charge in [-0.1, -0.05) is 13.8 Å². The lowest BCUT2D eigenvalue weighted by Gasteiger charge is -2.15. The molecule has 0 radical (unpaired) electrons. The molecule has 2 unspecified atom stereocenters. The van der Waals surface area contributed by atoms with Gasteiger partial charge in [-0.3, -0.25) is 0 Å². The van der Waals surface area contributed by atoms with E-state index in [1.54, 1.807) is 0 Å².